The maximum atomic E-state index is 13.8. The molecule has 0 aliphatic carbocycles. The number of nitrogens with zero attached hydrogens (tertiary/aromatic N) is 1. The third-order valence-electron chi connectivity index (χ3n) is 4.12. The first kappa shape index (κ1) is 17.9. The van der Waals surface area contributed by atoms with Crippen LogP contribution in [-0.4, -0.2) is 18.4 Å². The number of nitrogens with one attached hydrogen (secondary N) is 1. The quantitative estimate of drug-likeness (QED) is 0.840. The van der Waals surface area contributed by atoms with Crippen molar-refractivity contribution in [1.29, 1.82) is 0 Å². The molecule has 1 saturated heterocycles. The lowest BCUT2D eigenvalue weighted by molar-refractivity contribution is -0.137. The Morgan fingerprint density at radius 1 is 1.08 bits per heavy atom. The molecule has 0 aromatic heterocycles. The number of halogens is 4. The molecule has 1 N–H and O–H groups in total. The Labute approximate surface area is 146 Å². The van der Waals surface area contributed by atoms with Crippen LogP contribution in [0, 0.1) is 11.7 Å². The highest BCUT2D eigenvalue weighted by Gasteiger charge is 2.36. The first-order valence-corrected chi connectivity index (χ1v) is 7.79. The second kappa shape index (κ2) is 6.78. The molecule has 3 rings (SSSR count). The van der Waals surface area contributed by atoms with Crippen LogP contribution in [0.15, 0.2) is 48.5 Å². The van der Waals surface area contributed by atoms with Crippen LogP contribution in [0.3, 0.4) is 0 Å². The maximum absolute atomic E-state index is 13.8. The first-order valence-electron chi connectivity index (χ1n) is 7.79. The van der Waals surface area contributed by atoms with E-state index in [2.05, 4.69) is 5.32 Å². The number of rotatable bonds is 3. The van der Waals surface area contributed by atoms with Gasteiger partial charge in [0.05, 0.1) is 17.2 Å². The molecule has 1 fully saturated rings. The minimum atomic E-state index is -4.46. The Kier molecular flexibility index (Phi) is 4.67. The van der Waals surface area contributed by atoms with E-state index >= 15 is 0 Å². The molecular formula is C18H14F4N2O2. The lowest BCUT2D eigenvalue weighted by atomic mass is 10.1. The molecule has 136 valence electrons. The van der Waals surface area contributed by atoms with Crippen LogP contribution in [0.5, 0.6) is 0 Å². The summed E-state index contributed by atoms with van der Waals surface area (Å²) in [4.78, 5) is 25.6. The predicted molar refractivity (Wildman–Crippen MR) is 86.9 cm³/mol. The summed E-state index contributed by atoms with van der Waals surface area (Å²) < 4.78 is 51.5. The number of para-hydroxylation sites is 1. The van der Waals surface area contributed by atoms with E-state index in [1.165, 1.54) is 23.1 Å². The van der Waals surface area contributed by atoms with Gasteiger partial charge in [-0.05, 0) is 36.4 Å². The first-order chi connectivity index (χ1) is 12.3. The highest BCUT2D eigenvalue weighted by atomic mass is 19.4. The van der Waals surface area contributed by atoms with E-state index in [-0.39, 0.29) is 30.2 Å². The van der Waals surface area contributed by atoms with Gasteiger partial charge in [0.15, 0.2) is 0 Å². The standard InChI is InChI=1S/C18H14F4N2O2/c19-14-3-1-2-4-15(14)24-10-11(9-16(24)25)17(26)23-13-7-5-12(6-8-13)18(20,21)22/h1-8,11H,9-10H2,(H,23,26)/t11-/m0/s1. The molecule has 8 heteroatoms. The fraction of sp³-hybridized carbons (Fsp3) is 0.222. The van der Waals surface area contributed by atoms with Crippen molar-refractivity contribution < 1.29 is 27.2 Å². The third kappa shape index (κ3) is 3.68. The van der Waals surface area contributed by atoms with Crippen molar-refractivity contribution in [2.75, 3.05) is 16.8 Å². The van der Waals surface area contributed by atoms with Gasteiger partial charge in [0.25, 0.3) is 0 Å². The number of carbonyl (C=O) groups is 2. The Morgan fingerprint density at radius 2 is 1.73 bits per heavy atom. The van der Waals surface area contributed by atoms with Gasteiger partial charge in [-0.15, -0.1) is 0 Å². The fourth-order valence-electron chi connectivity index (χ4n) is 2.77. The Balaban J connectivity index is 1.68. The lowest BCUT2D eigenvalue weighted by Gasteiger charge is -2.17. The number of carbonyl (C=O) groups excluding carboxylic acids is 2. The topological polar surface area (TPSA) is 49.4 Å². The van der Waals surface area contributed by atoms with Crippen LogP contribution in [0.2, 0.25) is 0 Å². The SMILES string of the molecule is O=C(Nc1ccc(C(F)(F)F)cc1)[C@H]1CC(=O)N(c2ccccc2F)C1. The molecule has 0 unspecified atom stereocenters. The van der Waals surface area contributed by atoms with E-state index in [4.69, 9.17) is 0 Å². The molecule has 2 aromatic carbocycles. The van der Waals surface area contributed by atoms with E-state index in [9.17, 15) is 27.2 Å². The molecule has 26 heavy (non-hydrogen) atoms. The van der Waals surface area contributed by atoms with Crippen molar-refractivity contribution in [2.24, 2.45) is 5.92 Å². The number of alkyl halides is 3. The van der Waals surface area contributed by atoms with Gasteiger partial charge in [-0.3, -0.25) is 9.59 Å². The fourth-order valence-corrected chi connectivity index (χ4v) is 2.77. The van der Waals surface area contributed by atoms with Crippen molar-refractivity contribution in [3.8, 4) is 0 Å². The Morgan fingerprint density at radius 3 is 2.35 bits per heavy atom. The zero-order valence-corrected chi connectivity index (χ0v) is 13.4. The van der Waals surface area contributed by atoms with Gasteiger partial charge in [-0.2, -0.15) is 13.2 Å². The molecule has 2 amide bonds. The smallest absolute Gasteiger partial charge is 0.326 e. The van der Waals surface area contributed by atoms with Gasteiger partial charge in [0.1, 0.15) is 5.82 Å². The molecular weight excluding hydrogens is 352 g/mol. The van der Waals surface area contributed by atoms with Crippen LogP contribution in [-0.2, 0) is 15.8 Å². The average Bonchev–Trinajstić information content (AvgIpc) is 2.97. The monoisotopic (exact) mass is 366 g/mol. The number of hydrogen-bond donors (Lipinski definition) is 1. The molecule has 1 aliphatic rings. The van der Waals surface area contributed by atoms with Crippen molar-refractivity contribution in [3.05, 3.63) is 59.9 Å². The van der Waals surface area contributed by atoms with E-state index in [0.29, 0.717) is 0 Å². The van der Waals surface area contributed by atoms with Crippen LogP contribution in [0.1, 0.15) is 12.0 Å². The molecule has 0 bridgehead atoms. The van der Waals surface area contributed by atoms with Gasteiger partial charge >= 0.3 is 6.18 Å². The summed E-state index contributed by atoms with van der Waals surface area (Å²) in [6.45, 7) is 0.00619. The molecule has 0 radical (unpaired) electrons. The van der Waals surface area contributed by atoms with Crippen molar-refractivity contribution in [2.45, 2.75) is 12.6 Å². The summed E-state index contributed by atoms with van der Waals surface area (Å²) in [7, 11) is 0. The number of amides is 2. The number of anilines is 2. The van der Waals surface area contributed by atoms with E-state index in [0.717, 1.165) is 24.3 Å². The molecule has 1 heterocycles. The van der Waals surface area contributed by atoms with Crippen LogP contribution < -0.4 is 10.2 Å². The molecule has 1 atom stereocenters. The lowest BCUT2D eigenvalue weighted by Crippen LogP contribution is -2.28. The third-order valence-corrected chi connectivity index (χ3v) is 4.12. The van der Waals surface area contributed by atoms with Crippen molar-refractivity contribution >= 4 is 23.2 Å². The van der Waals surface area contributed by atoms with Gasteiger partial charge in [0, 0.05) is 18.7 Å². The zero-order chi connectivity index (χ0) is 18.9. The molecule has 0 spiro atoms. The van der Waals surface area contributed by atoms with Crippen molar-refractivity contribution in [1.82, 2.24) is 0 Å². The molecule has 1 aliphatic heterocycles. The highest BCUT2D eigenvalue weighted by molar-refractivity contribution is 6.03. The summed E-state index contributed by atoms with van der Waals surface area (Å²) in [6, 6.07) is 9.76. The van der Waals surface area contributed by atoms with E-state index in [1.54, 1.807) is 6.07 Å². The maximum Gasteiger partial charge on any atom is 0.416 e. The summed E-state index contributed by atoms with van der Waals surface area (Å²) in [5.74, 6) is -2.17. The summed E-state index contributed by atoms with van der Waals surface area (Å²) >= 11 is 0. The second-order valence-electron chi connectivity index (χ2n) is 5.92. The van der Waals surface area contributed by atoms with Crippen molar-refractivity contribution in [3.63, 3.8) is 0 Å². The molecule has 2 aromatic rings. The van der Waals surface area contributed by atoms with Gasteiger partial charge < -0.3 is 10.2 Å². The molecule has 0 saturated carbocycles. The van der Waals surface area contributed by atoms with E-state index in [1.807, 2.05) is 0 Å². The predicted octanol–water partition coefficient (Wildman–Crippen LogP) is 3.84. The van der Waals surface area contributed by atoms with Crippen LogP contribution in [0.25, 0.3) is 0 Å². The van der Waals surface area contributed by atoms with E-state index < -0.39 is 29.4 Å². The van der Waals surface area contributed by atoms with Gasteiger partial charge in [-0.1, -0.05) is 12.1 Å². The zero-order valence-electron chi connectivity index (χ0n) is 13.4. The summed E-state index contributed by atoms with van der Waals surface area (Å²) in [6.07, 6.45) is -4.55. The summed E-state index contributed by atoms with van der Waals surface area (Å²) in [5.41, 5.74) is -0.528. The summed E-state index contributed by atoms with van der Waals surface area (Å²) in [5, 5.41) is 2.49. The van der Waals surface area contributed by atoms with Crippen LogP contribution >= 0.6 is 0 Å². The molecule has 4 nitrogen and oxygen atoms in total. The van der Waals surface area contributed by atoms with Gasteiger partial charge in [0.2, 0.25) is 11.8 Å². The average molecular weight is 366 g/mol. The minimum absolute atomic E-state index is 0.00619. The number of hydrogen-bond acceptors (Lipinski definition) is 2. The number of benzene rings is 2. The van der Waals surface area contributed by atoms with Crippen LogP contribution in [0.4, 0.5) is 28.9 Å². The Hall–Kier alpha value is -2.90. The normalized spacial score (nSPS) is 17.5. The largest absolute Gasteiger partial charge is 0.416 e. The Bertz CT molecular complexity index is 834. The minimum Gasteiger partial charge on any atom is -0.326 e. The highest BCUT2D eigenvalue weighted by Crippen LogP contribution is 2.31. The second-order valence-corrected chi connectivity index (χ2v) is 5.92. The van der Waals surface area contributed by atoms with Gasteiger partial charge in [-0.25, -0.2) is 4.39 Å².